The highest BCUT2D eigenvalue weighted by atomic mass is 19.4. The Morgan fingerprint density at radius 1 is 1.06 bits per heavy atom. The van der Waals surface area contributed by atoms with Crippen LogP contribution in [-0.4, -0.2) is 31.5 Å². The lowest BCUT2D eigenvalue weighted by molar-refractivity contribution is -0.137. The Hall–Kier alpha value is -3.36. The molecule has 2 rings (SSSR count). The molecule has 2 aromatic carbocycles. The summed E-state index contributed by atoms with van der Waals surface area (Å²) in [7, 11) is 2.79. The van der Waals surface area contributed by atoms with Crippen molar-refractivity contribution >= 4 is 17.3 Å². The van der Waals surface area contributed by atoms with Crippen LogP contribution in [0.5, 0.6) is 0 Å². The number of carbonyl (C=O) groups excluding carboxylic acids is 1. The zero-order chi connectivity index (χ0) is 23.9. The van der Waals surface area contributed by atoms with E-state index in [4.69, 9.17) is 9.68 Å². The van der Waals surface area contributed by atoms with Crippen LogP contribution in [0.25, 0.3) is 0 Å². The SMILES string of the molecule is CNC(=O)/C(=N/OC)c1cccc(C)c1CO/N=C(/c1ccccc1C(F)(F)F)C(C)C. The molecule has 0 aliphatic rings. The first kappa shape index (κ1) is 24.9. The Kier molecular flexibility index (Phi) is 8.40. The lowest BCUT2D eigenvalue weighted by atomic mass is 9.95. The van der Waals surface area contributed by atoms with Gasteiger partial charge in [-0.15, -0.1) is 0 Å². The van der Waals surface area contributed by atoms with Gasteiger partial charge in [0, 0.05) is 23.7 Å². The van der Waals surface area contributed by atoms with Crippen molar-refractivity contribution in [3.8, 4) is 0 Å². The zero-order valence-electron chi connectivity index (χ0n) is 18.6. The van der Waals surface area contributed by atoms with Gasteiger partial charge in [0.05, 0.1) is 11.3 Å². The van der Waals surface area contributed by atoms with E-state index >= 15 is 0 Å². The average molecular weight is 449 g/mol. The number of aryl methyl sites for hydroxylation is 1. The zero-order valence-corrected chi connectivity index (χ0v) is 18.6. The third-order valence-electron chi connectivity index (χ3n) is 4.72. The smallest absolute Gasteiger partial charge is 0.398 e. The van der Waals surface area contributed by atoms with Crippen molar-refractivity contribution in [1.82, 2.24) is 5.32 Å². The largest absolute Gasteiger partial charge is 0.417 e. The number of hydrogen-bond acceptors (Lipinski definition) is 5. The average Bonchev–Trinajstić information content (AvgIpc) is 2.74. The first-order valence-corrected chi connectivity index (χ1v) is 9.90. The molecule has 0 aliphatic heterocycles. The van der Waals surface area contributed by atoms with Gasteiger partial charge in [0.15, 0.2) is 5.71 Å². The Bertz CT molecular complexity index is 1020. The maximum absolute atomic E-state index is 13.5. The number of likely N-dealkylation sites (N-methyl/N-ethyl adjacent to an activating group) is 1. The fourth-order valence-corrected chi connectivity index (χ4v) is 3.12. The second-order valence-electron chi connectivity index (χ2n) is 7.25. The molecule has 6 nitrogen and oxygen atoms in total. The second-order valence-corrected chi connectivity index (χ2v) is 7.25. The fourth-order valence-electron chi connectivity index (χ4n) is 3.12. The molecule has 1 N–H and O–H groups in total. The summed E-state index contributed by atoms with van der Waals surface area (Å²) in [6.07, 6.45) is -4.52. The van der Waals surface area contributed by atoms with Gasteiger partial charge in [-0.05, 0) is 24.5 Å². The number of halogens is 3. The Morgan fingerprint density at radius 2 is 1.72 bits per heavy atom. The molecule has 172 valence electrons. The van der Waals surface area contributed by atoms with Crippen molar-refractivity contribution in [2.24, 2.45) is 16.2 Å². The van der Waals surface area contributed by atoms with E-state index in [0.29, 0.717) is 11.1 Å². The van der Waals surface area contributed by atoms with E-state index in [1.807, 2.05) is 13.0 Å². The monoisotopic (exact) mass is 449 g/mol. The molecule has 0 saturated carbocycles. The predicted molar refractivity (Wildman–Crippen MR) is 116 cm³/mol. The third kappa shape index (κ3) is 5.87. The minimum absolute atomic E-state index is 0.0352. The molecular weight excluding hydrogens is 423 g/mol. The molecule has 0 aliphatic carbocycles. The second kappa shape index (κ2) is 10.8. The van der Waals surface area contributed by atoms with Crippen LogP contribution in [0.15, 0.2) is 52.8 Å². The number of nitrogens with one attached hydrogen (secondary N) is 1. The number of benzene rings is 2. The van der Waals surface area contributed by atoms with Crippen molar-refractivity contribution in [3.63, 3.8) is 0 Å². The first-order chi connectivity index (χ1) is 15.1. The number of hydrogen-bond donors (Lipinski definition) is 1. The summed E-state index contributed by atoms with van der Waals surface area (Å²) in [4.78, 5) is 22.6. The van der Waals surface area contributed by atoms with E-state index < -0.39 is 17.6 Å². The predicted octanol–water partition coefficient (Wildman–Crippen LogP) is 4.69. The van der Waals surface area contributed by atoms with Crippen LogP contribution in [0.1, 0.15) is 41.7 Å². The summed E-state index contributed by atoms with van der Waals surface area (Å²) in [5.41, 5.74) is 1.30. The van der Waals surface area contributed by atoms with E-state index in [-0.39, 0.29) is 29.5 Å². The van der Waals surface area contributed by atoms with Crippen LogP contribution in [0.3, 0.4) is 0 Å². The number of amides is 1. The summed E-state index contributed by atoms with van der Waals surface area (Å²) >= 11 is 0. The first-order valence-electron chi connectivity index (χ1n) is 9.90. The molecule has 32 heavy (non-hydrogen) atoms. The highest BCUT2D eigenvalue weighted by Gasteiger charge is 2.34. The molecule has 0 aromatic heterocycles. The molecular formula is C23H26F3N3O3. The standard InChI is InChI=1S/C23H26F3N3O3/c1-14(2)20(17-10-6-7-12-19(17)23(24,25)26)29-32-13-18-15(3)9-8-11-16(18)21(28-31-5)22(30)27-4/h6-12,14H,13H2,1-5H3,(H,27,30)/b28-21+,29-20+. The molecule has 0 saturated heterocycles. The number of carbonyl (C=O) groups is 1. The highest BCUT2D eigenvalue weighted by Crippen LogP contribution is 2.33. The van der Waals surface area contributed by atoms with Crippen LogP contribution in [0.2, 0.25) is 0 Å². The summed E-state index contributed by atoms with van der Waals surface area (Å²) in [5.74, 6) is -0.782. The number of alkyl halides is 3. The van der Waals surface area contributed by atoms with Crippen molar-refractivity contribution < 1.29 is 27.6 Å². The van der Waals surface area contributed by atoms with Crippen molar-refractivity contribution in [3.05, 3.63) is 70.3 Å². The minimum atomic E-state index is -4.52. The molecule has 0 unspecified atom stereocenters. The minimum Gasteiger partial charge on any atom is -0.398 e. The van der Waals surface area contributed by atoms with Gasteiger partial charge >= 0.3 is 6.18 Å². The molecule has 0 bridgehead atoms. The maximum Gasteiger partial charge on any atom is 0.417 e. The van der Waals surface area contributed by atoms with Gasteiger partial charge in [0.25, 0.3) is 5.91 Å². The molecule has 0 atom stereocenters. The van der Waals surface area contributed by atoms with E-state index in [2.05, 4.69) is 15.6 Å². The molecule has 1 amide bonds. The fraction of sp³-hybridized carbons (Fsp3) is 0.348. The Labute approximate surface area is 185 Å². The topological polar surface area (TPSA) is 72.3 Å². The molecule has 0 heterocycles. The van der Waals surface area contributed by atoms with Gasteiger partial charge in [-0.1, -0.05) is 60.6 Å². The van der Waals surface area contributed by atoms with E-state index in [9.17, 15) is 18.0 Å². The highest BCUT2D eigenvalue weighted by molar-refractivity contribution is 6.45. The number of rotatable bonds is 8. The summed E-state index contributed by atoms with van der Waals surface area (Å²) < 4.78 is 40.4. The Morgan fingerprint density at radius 3 is 2.31 bits per heavy atom. The molecule has 9 heteroatoms. The quantitative estimate of drug-likeness (QED) is 0.470. The van der Waals surface area contributed by atoms with Crippen molar-refractivity contribution in [2.45, 2.75) is 33.6 Å². The van der Waals surface area contributed by atoms with Crippen LogP contribution in [0.4, 0.5) is 13.2 Å². The Balaban J connectivity index is 2.44. The van der Waals surface area contributed by atoms with E-state index in [0.717, 1.165) is 11.6 Å². The molecule has 0 fully saturated rings. The maximum atomic E-state index is 13.5. The van der Waals surface area contributed by atoms with Crippen LogP contribution >= 0.6 is 0 Å². The lowest BCUT2D eigenvalue weighted by Gasteiger charge is -2.17. The third-order valence-corrected chi connectivity index (χ3v) is 4.72. The van der Waals surface area contributed by atoms with Crippen LogP contribution < -0.4 is 5.32 Å². The van der Waals surface area contributed by atoms with Gasteiger partial charge in [0.1, 0.15) is 13.7 Å². The number of nitrogens with zero attached hydrogens (tertiary/aromatic N) is 2. The van der Waals surface area contributed by atoms with E-state index in [1.54, 1.807) is 26.0 Å². The van der Waals surface area contributed by atoms with Crippen molar-refractivity contribution in [2.75, 3.05) is 14.2 Å². The van der Waals surface area contributed by atoms with Crippen LogP contribution in [-0.2, 0) is 27.3 Å². The summed E-state index contributed by atoms with van der Waals surface area (Å²) in [6, 6.07) is 10.5. The van der Waals surface area contributed by atoms with Crippen LogP contribution in [0, 0.1) is 12.8 Å². The van der Waals surface area contributed by atoms with Crippen molar-refractivity contribution in [1.29, 1.82) is 0 Å². The normalized spacial score (nSPS) is 12.7. The van der Waals surface area contributed by atoms with Gasteiger partial charge in [0.2, 0.25) is 0 Å². The summed E-state index contributed by atoms with van der Waals surface area (Å²) in [6.45, 7) is 5.22. The summed E-state index contributed by atoms with van der Waals surface area (Å²) in [5, 5.41) is 10.4. The molecule has 0 spiro atoms. The van der Waals surface area contributed by atoms with Gasteiger partial charge < -0.3 is 15.0 Å². The van der Waals surface area contributed by atoms with Gasteiger partial charge in [-0.2, -0.15) is 13.2 Å². The lowest BCUT2D eigenvalue weighted by Crippen LogP contribution is -2.29. The number of oxime groups is 2. The molecule has 0 radical (unpaired) electrons. The van der Waals surface area contributed by atoms with Gasteiger partial charge in [-0.25, -0.2) is 0 Å². The molecule has 2 aromatic rings. The van der Waals surface area contributed by atoms with Gasteiger partial charge in [-0.3, -0.25) is 4.79 Å². The van der Waals surface area contributed by atoms with E-state index in [1.165, 1.54) is 32.4 Å².